The molecule has 1 fully saturated rings. The first kappa shape index (κ1) is 16.3. The van der Waals surface area contributed by atoms with Crippen molar-refractivity contribution in [1.82, 2.24) is 5.32 Å². The molecule has 0 saturated heterocycles. The molecule has 0 heterocycles. The number of ether oxygens (including phenoxy) is 1. The predicted molar refractivity (Wildman–Crippen MR) is 88.0 cm³/mol. The van der Waals surface area contributed by atoms with Gasteiger partial charge in [-0.3, -0.25) is 0 Å². The van der Waals surface area contributed by atoms with E-state index in [1.807, 2.05) is 13.0 Å². The van der Waals surface area contributed by atoms with Crippen molar-refractivity contribution in [2.75, 3.05) is 6.61 Å². The van der Waals surface area contributed by atoms with Gasteiger partial charge in [-0.05, 0) is 41.4 Å². The predicted octanol–water partition coefficient (Wildman–Crippen LogP) is 3.86. The van der Waals surface area contributed by atoms with E-state index in [4.69, 9.17) is 4.74 Å². The average molecular weight is 407 g/mol. The lowest BCUT2D eigenvalue weighted by Crippen LogP contribution is -2.59. The molecule has 0 amide bonds. The Morgan fingerprint density at radius 2 is 2.10 bits per heavy atom. The van der Waals surface area contributed by atoms with Crippen LogP contribution in [-0.4, -0.2) is 23.9 Å². The minimum Gasteiger partial charge on any atom is -0.492 e. The van der Waals surface area contributed by atoms with E-state index < -0.39 is 0 Å². The Morgan fingerprint density at radius 1 is 1.40 bits per heavy atom. The Labute approximate surface area is 137 Å². The molecule has 1 aliphatic carbocycles. The fourth-order valence-electron chi connectivity index (χ4n) is 2.53. The van der Waals surface area contributed by atoms with Crippen molar-refractivity contribution < 1.29 is 9.84 Å². The zero-order valence-corrected chi connectivity index (χ0v) is 15.2. The summed E-state index contributed by atoms with van der Waals surface area (Å²) in [5.74, 6) is 0.890. The van der Waals surface area contributed by atoms with Gasteiger partial charge >= 0.3 is 0 Å². The Morgan fingerprint density at radius 3 is 2.65 bits per heavy atom. The summed E-state index contributed by atoms with van der Waals surface area (Å²) < 4.78 is 7.71. The molecule has 5 heteroatoms. The van der Waals surface area contributed by atoms with Crippen molar-refractivity contribution in [3.8, 4) is 5.75 Å². The molecule has 20 heavy (non-hydrogen) atoms. The van der Waals surface area contributed by atoms with Crippen LogP contribution in [-0.2, 0) is 6.54 Å². The van der Waals surface area contributed by atoms with Crippen LogP contribution in [0, 0.1) is 5.41 Å². The van der Waals surface area contributed by atoms with E-state index in [-0.39, 0.29) is 11.5 Å². The molecule has 1 saturated carbocycles. The highest BCUT2D eigenvalue weighted by atomic mass is 79.9. The van der Waals surface area contributed by atoms with Crippen molar-refractivity contribution in [1.29, 1.82) is 0 Å². The van der Waals surface area contributed by atoms with E-state index in [1.54, 1.807) is 0 Å². The number of aliphatic hydroxyl groups excluding tert-OH is 1. The van der Waals surface area contributed by atoms with Gasteiger partial charge in [0.05, 0.1) is 17.2 Å². The Kier molecular flexibility index (Phi) is 5.16. The molecule has 0 spiro atoms. The second-order valence-electron chi connectivity index (χ2n) is 5.82. The minimum absolute atomic E-state index is 0.0605. The highest BCUT2D eigenvalue weighted by molar-refractivity contribution is 9.11. The summed E-state index contributed by atoms with van der Waals surface area (Å²) in [6.07, 6.45) is 0.604. The Balaban J connectivity index is 2.09. The lowest BCUT2D eigenvalue weighted by molar-refractivity contribution is -0.0730. The van der Waals surface area contributed by atoms with E-state index >= 15 is 0 Å². The second kappa shape index (κ2) is 6.34. The number of benzene rings is 1. The largest absolute Gasteiger partial charge is 0.492 e. The SMILES string of the molecule is CCOc1c(Br)cc(Br)cc1CNC1CC(O)C1(C)C. The highest BCUT2D eigenvalue weighted by Crippen LogP contribution is 2.41. The van der Waals surface area contributed by atoms with Crippen LogP contribution >= 0.6 is 31.9 Å². The van der Waals surface area contributed by atoms with Crippen molar-refractivity contribution in [3.05, 3.63) is 26.6 Å². The van der Waals surface area contributed by atoms with Crippen molar-refractivity contribution >= 4 is 31.9 Å². The number of hydrogen-bond donors (Lipinski definition) is 2. The van der Waals surface area contributed by atoms with Gasteiger partial charge in [-0.1, -0.05) is 29.8 Å². The highest BCUT2D eigenvalue weighted by Gasteiger charge is 2.46. The molecule has 1 aromatic carbocycles. The van der Waals surface area contributed by atoms with Crippen LogP contribution in [0.5, 0.6) is 5.75 Å². The topological polar surface area (TPSA) is 41.5 Å². The molecule has 2 unspecified atom stereocenters. The number of nitrogens with one attached hydrogen (secondary N) is 1. The summed E-state index contributed by atoms with van der Waals surface area (Å²) in [6, 6.07) is 4.40. The van der Waals surface area contributed by atoms with Gasteiger partial charge in [0.1, 0.15) is 5.75 Å². The Bertz CT molecular complexity index is 491. The standard InChI is InChI=1S/C15H21Br2NO2/c1-4-20-14-9(5-10(16)6-11(14)17)8-18-12-7-13(19)15(12,2)3/h5-6,12-13,18-19H,4,7-8H2,1-3H3. The second-order valence-corrected chi connectivity index (χ2v) is 7.59. The first-order valence-corrected chi connectivity index (χ1v) is 8.47. The van der Waals surface area contributed by atoms with Crippen LogP contribution in [0.1, 0.15) is 32.8 Å². The van der Waals surface area contributed by atoms with E-state index in [1.165, 1.54) is 0 Å². The normalized spacial score (nSPS) is 24.3. The van der Waals surface area contributed by atoms with Gasteiger partial charge in [0, 0.05) is 28.0 Å². The van der Waals surface area contributed by atoms with Gasteiger partial charge in [-0.2, -0.15) is 0 Å². The molecular formula is C15H21Br2NO2. The molecule has 0 aromatic heterocycles. The lowest BCUT2D eigenvalue weighted by Gasteiger charge is -2.49. The van der Waals surface area contributed by atoms with Gasteiger partial charge in [0.2, 0.25) is 0 Å². The summed E-state index contributed by atoms with van der Waals surface area (Å²) in [5, 5.41) is 13.3. The van der Waals surface area contributed by atoms with Crippen LogP contribution in [0.2, 0.25) is 0 Å². The average Bonchev–Trinajstić information content (AvgIpc) is 2.38. The number of rotatable bonds is 5. The third-order valence-electron chi connectivity index (χ3n) is 4.13. The molecule has 0 bridgehead atoms. The molecule has 1 aromatic rings. The molecule has 0 radical (unpaired) electrons. The first-order chi connectivity index (χ1) is 9.36. The van der Waals surface area contributed by atoms with Crippen LogP contribution < -0.4 is 10.1 Å². The zero-order chi connectivity index (χ0) is 14.9. The zero-order valence-electron chi connectivity index (χ0n) is 12.0. The fraction of sp³-hybridized carbons (Fsp3) is 0.600. The fourth-order valence-corrected chi connectivity index (χ4v) is 3.96. The van der Waals surface area contributed by atoms with Gasteiger partial charge < -0.3 is 15.2 Å². The summed E-state index contributed by atoms with van der Waals surface area (Å²) in [6.45, 7) is 7.55. The van der Waals surface area contributed by atoms with E-state index in [0.717, 1.165) is 33.2 Å². The maximum atomic E-state index is 9.79. The van der Waals surface area contributed by atoms with E-state index in [0.29, 0.717) is 12.6 Å². The van der Waals surface area contributed by atoms with Crippen LogP contribution in [0.3, 0.4) is 0 Å². The molecule has 2 N–H and O–H groups in total. The monoisotopic (exact) mass is 405 g/mol. The maximum absolute atomic E-state index is 9.79. The number of hydrogen-bond acceptors (Lipinski definition) is 3. The maximum Gasteiger partial charge on any atom is 0.138 e. The Hall–Kier alpha value is -0.100. The van der Waals surface area contributed by atoms with Crippen molar-refractivity contribution in [3.63, 3.8) is 0 Å². The molecule has 2 rings (SSSR count). The van der Waals surface area contributed by atoms with Gasteiger partial charge in [-0.25, -0.2) is 0 Å². The summed E-state index contributed by atoms with van der Waals surface area (Å²) in [7, 11) is 0. The third-order valence-corrected chi connectivity index (χ3v) is 5.18. The lowest BCUT2D eigenvalue weighted by atomic mass is 9.64. The third kappa shape index (κ3) is 3.21. The van der Waals surface area contributed by atoms with Crippen LogP contribution in [0.25, 0.3) is 0 Å². The van der Waals surface area contributed by atoms with Gasteiger partial charge in [-0.15, -0.1) is 0 Å². The van der Waals surface area contributed by atoms with Crippen molar-refractivity contribution in [2.45, 2.75) is 45.9 Å². The summed E-state index contributed by atoms with van der Waals surface area (Å²) >= 11 is 7.06. The quantitative estimate of drug-likeness (QED) is 0.779. The van der Waals surface area contributed by atoms with Crippen molar-refractivity contribution in [2.24, 2.45) is 5.41 Å². The minimum atomic E-state index is -0.208. The number of halogens is 2. The van der Waals surface area contributed by atoms with Crippen LogP contribution in [0.15, 0.2) is 21.1 Å². The van der Waals surface area contributed by atoms with E-state index in [2.05, 4.69) is 57.1 Å². The first-order valence-electron chi connectivity index (χ1n) is 6.88. The molecule has 112 valence electrons. The molecule has 0 aliphatic heterocycles. The van der Waals surface area contributed by atoms with Gasteiger partial charge in [0.15, 0.2) is 0 Å². The van der Waals surface area contributed by atoms with Crippen LogP contribution in [0.4, 0.5) is 0 Å². The molecular weight excluding hydrogens is 386 g/mol. The molecule has 2 atom stereocenters. The number of aliphatic hydroxyl groups is 1. The van der Waals surface area contributed by atoms with E-state index in [9.17, 15) is 5.11 Å². The summed E-state index contributed by atoms with van der Waals surface area (Å²) in [4.78, 5) is 0. The smallest absolute Gasteiger partial charge is 0.138 e. The van der Waals surface area contributed by atoms with Gasteiger partial charge in [0.25, 0.3) is 0 Å². The molecule has 3 nitrogen and oxygen atoms in total. The summed E-state index contributed by atoms with van der Waals surface area (Å²) in [5.41, 5.74) is 1.06. The molecule has 1 aliphatic rings.